The number of thiazole rings is 1. The predicted molar refractivity (Wildman–Crippen MR) is 115 cm³/mol. The summed E-state index contributed by atoms with van der Waals surface area (Å²) in [7, 11) is 0. The third-order valence-electron chi connectivity index (χ3n) is 4.73. The first kappa shape index (κ1) is 19.6. The summed E-state index contributed by atoms with van der Waals surface area (Å²) < 4.78 is 0. The standard InChI is InChI=1S/C22H29N3OS/c1-14(2)10-16(5)25(19-6-7-20-17(11-19)8-9-23-20)21(26)12-18-13-27-22(24-18)15(3)4/h6-9,11,13-16,23H,10,12H2,1-5H3. The number of aromatic amines is 1. The van der Waals surface area contributed by atoms with Crippen molar-refractivity contribution in [2.45, 2.75) is 59.4 Å². The van der Waals surface area contributed by atoms with Gasteiger partial charge >= 0.3 is 0 Å². The molecule has 5 heteroatoms. The van der Waals surface area contributed by atoms with E-state index in [2.05, 4.69) is 50.7 Å². The van der Waals surface area contributed by atoms with Crippen molar-refractivity contribution < 1.29 is 4.79 Å². The molecule has 0 aliphatic carbocycles. The molecule has 144 valence electrons. The number of hydrogen-bond acceptors (Lipinski definition) is 3. The summed E-state index contributed by atoms with van der Waals surface area (Å²) in [6.07, 6.45) is 3.24. The van der Waals surface area contributed by atoms with Gasteiger partial charge in [0.25, 0.3) is 0 Å². The number of carbonyl (C=O) groups excluding carboxylic acids is 1. The minimum Gasteiger partial charge on any atom is -0.361 e. The molecule has 0 radical (unpaired) electrons. The van der Waals surface area contributed by atoms with Crippen LogP contribution in [0.25, 0.3) is 10.9 Å². The summed E-state index contributed by atoms with van der Waals surface area (Å²) in [4.78, 5) is 23.1. The van der Waals surface area contributed by atoms with E-state index < -0.39 is 0 Å². The summed E-state index contributed by atoms with van der Waals surface area (Å²) in [6.45, 7) is 10.8. The Balaban J connectivity index is 1.88. The Morgan fingerprint density at radius 2 is 1.96 bits per heavy atom. The van der Waals surface area contributed by atoms with Crippen LogP contribution in [0.15, 0.2) is 35.8 Å². The van der Waals surface area contributed by atoms with Gasteiger partial charge < -0.3 is 9.88 Å². The maximum atomic E-state index is 13.3. The highest BCUT2D eigenvalue weighted by molar-refractivity contribution is 7.09. The molecule has 1 unspecified atom stereocenters. The number of carbonyl (C=O) groups is 1. The molecule has 0 spiro atoms. The summed E-state index contributed by atoms with van der Waals surface area (Å²) in [5.41, 5.74) is 2.92. The predicted octanol–water partition coefficient (Wildman–Crippen LogP) is 5.76. The van der Waals surface area contributed by atoms with Crippen LogP contribution in [0, 0.1) is 5.92 Å². The number of H-pyrrole nitrogens is 1. The van der Waals surface area contributed by atoms with E-state index in [1.54, 1.807) is 11.3 Å². The van der Waals surface area contributed by atoms with Gasteiger partial charge in [0.1, 0.15) is 0 Å². The first-order chi connectivity index (χ1) is 12.8. The molecule has 3 rings (SSSR count). The van der Waals surface area contributed by atoms with Crippen LogP contribution in [-0.2, 0) is 11.2 Å². The Bertz CT molecular complexity index is 909. The second-order valence-electron chi connectivity index (χ2n) is 8.00. The lowest BCUT2D eigenvalue weighted by Gasteiger charge is -2.30. The smallest absolute Gasteiger partial charge is 0.233 e. The SMILES string of the molecule is CC(C)CC(C)N(C(=O)Cc1csc(C(C)C)n1)c1ccc2[nH]ccc2c1. The van der Waals surface area contributed by atoms with E-state index in [0.717, 1.165) is 33.7 Å². The first-order valence-corrected chi connectivity index (χ1v) is 10.6. The lowest BCUT2D eigenvalue weighted by Crippen LogP contribution is -2.40. The second-order valence-corrected chi connectivity index (χ2v) is 8.89. The maximum Gasteiger partial charge on any atom is 0.233 e. The quantitative estimate of drug-likeness (QED) is 0.564. The van der Waals surface area contributed by atoms with Gasteiger partial charge in [0.15, 0.2) is 0 Å². The fourth-order valence-corrected chi connectivity index (χ4v) is 4.37. The fourth-order valence-electron chi connectivity index (χ4n) is 3.53. The van der Waals surface area contributed by atoms with Crippen LogP contribution in [0.2, 0.25) is 0 Å². The van der Waals surface area contributed by atoms with Crippen LogP contribution in [0.1, 0.15) is 57.7 Å². The Hall–Kier alpha value is -2.14. The lowest BCUT2D eigenvalue weighted by atomic mass is 10.0. The van der Waals surface area contributed by atoms with Crippen molar-refractivity contribution in [2.24, 2.45) is 5.92 Å². The van der Waals surface area contributed by atoms with Crippen LogP contribution < -0.4 is 4.90 Å². The Morgan fingerprint density at radius 3 is 2.63 bits per heavy atom. The minimum atomic E-state index is 0.110. The molecule has 2 aromatic heterocycles. The molecule has 0 bridgehead atoms. The van der Waals surface area contributed by atoms with Gasteiger partial charge in [-0.15, -0.1) is 11.3 Å². The number of nitrogens with one attached hydrogen (secondary N) is 1. The van der Waals surface area contributed by atoms with Crippen molar-refractivity contribution in [1.82, 2.24) is 9.97 Å². The minimum absolute atomic E-state index is 0.110. The zero-order valence-electron chi connectivity index (χ0n) is 16.8. The number of rotatable bonds is 7. The van der Waals surface area contributed by atoms with E-state index in [9.17, 15) is 4.79 Å². The molecule has 1 N–H and O–H groups in total. The lowest BCUT2D eigenvalue weighted by molar-refractivity contribution is -0.118. The molecule has 0 fully saturated rings. The van der Waals surface area contributed by atoms with Crippen LogP contribution in [-0.4, -0.2) is 21.9 Å². The van der Waals surface area contributed by atoms with Crippen molar-refractivity contribution in [3.8, 4) is 0 Å². The molecule has 0 aliphatic rings. The number of aromatic nitrogens is 2. The molecule has 4 nitrogen and oxygen atoms in total. The number of benzene rings is 1. The maximum absolute atomic E-state index is 13.3. The van der Waals surface area contributed by atoms with Crippen molar-refractivity contribution >= 4 is 33.8 Å². The van der Waals surface area contributed by atoms with Crippen LogP contribution in [0.4, 0.5) is 5.69 Å². The first-order valence-electron chi connectivity index (χ1n) is 9.68. The van der Waals surface area contributed by atoms with E-state index in [1.807, 2.05) is 34.7 Å². The van der Waals surface area contributed by atoms with E-state index in [1.165, 1.54) is 0 Å². The number of hydrogen-bond donors (Lipinski definition) is 1. The molecule has 3 aromatic rings. The number of nitrogens with zero attached hydrogens (tertiary/aromatic N) is 2. The fraction of sp³-hybridized carbons (Fsp3) is 0.455. The third-order valence-corrected chi connectivity index (χ3v) is 5.93. The van der Waals surface area contributed by atoms with Crippen molar-refractivity contribution in [3.05, 3.63) is 46.5 Å². The van der Waals surface area contributed by atoms with Gasteiger partial charge in [0, 0.05) is 40.1 Å². The number of anilines is 1. The molecule has 1 atom stereocenters. The van der Waals surface area contributed by atoms with Gasteiger partial charge in [-0.05, 0) is 43.5 Å². The molecule has 2 heterocycles. The van der Waals surface area contributed by atoms with Gasteiger partial charge in [-0.1, -0.05) is 27.7 Å². The normalized spacial score (nSPS) is 12.9. The average molecular weight is 384 g/mol. The molecular formula is C22H29N3OS. The molecular weight excluding hydrogens is 354 g/mol. The topological polar surface area (TPSA) is 49.0 Å². The van der Waals surface area contributed by atoms with Crippen molar-refractivity contribution in [3.63, 3.8) is 0 Å². The monoisotopic (exact) mass is 383 g/mol. The van der Waals surface area contributed by atoms with Crippen LogP contribution in [0.3, 0.4) is 0 Å². The van der Waals surface area contributed by atoms with Gasteiger partial charge in [0.05, 0.1) is 17.1 Å². The molecule has 0 aliphatic heterocycles. The Labute approximate surface area is 165 Å². The highest BCUT2D eigenvalue weighted by atomic mass is 32.1. The summed E-state index contributed by atoms with van der Waals surface area (Å²) in [5.74, 6) is 1.03. The average Bonchev–Trinajstić information content (AvgIpc) is 3.22. The highest BCUT2D eigenvalue weighted by Gasteiger charge is 2.24. The summed E-state index contributed by atoms with van der Waals surface area (Å²) in [5, 5.41) is 4.24. The number of amides is 1. The molecule has 1 aromatic carbocycles. The van der Waals surface area contributed by atoms with E-state index in [-0.39, 0.29) is 11.9 Å². The summed E-state index contributed by atoms with van der Waals surface area (Å²) in [6, 6.07) is 8.36. The Morgan fingerprint density at radius 1 is 1.19 bits per heavy atom. The third kappa shape index (κ3) is 4.59. The molecule has 1 amide bonds. The van der Waals surface area contributed by atoms with Crippen molar-refractivity contribution in [2.75, 3.05) is 4.90 Å². The molecule has 27 heavy (non-hydrogen) atoms. The van der Waals surface area contributed by atoms with Gasteiger partial charge in [0.2, 0.25) is 5.91 Å². The van der Waals surface area contributed by atoms with Gasteiger partial charge in [-0.3, -0.25) is 4.79 Å². The second kappa shape index (κ2) is 8.26. The molecule has 0 saturated carbocycles. The van der Waals surface area contributed by atoms with E-state index in [0.29, 0.717) is 18.3 Å². The van der Waals surface area contributed by atoms with Gasteiger partial charge in [-0.25, -0.2) is 4.98 Å². The largest absolute Gasteiger partial charge is 0.361 e. The van der Waals surface area contributed by atoms with E-state index >= 15 is 0 Å². The highest BCUT2D eigenvalue weighted by Crippen LogP contribution is 2.27. The van der Waals surface area contributed by atoms with Crippen LogP contribution >= 0.6 is 11.3 Å². The zero-order valence-corrected chi connectivity index (χ0v) is 17.6. The Kier molecular flexibility index (Phi) is 6.00. The molecule has 0 saturated heterocycles. The van der Waals surface area contributed by atoms with Gasteiger partial charge in [-0.2, -0.15) is 0 Å². The summed E-state index contributed by atoms with van der Waals surface area (Å²) >= 11 is 1.64. The zero-order chi connectivity index (χ0) is 19.6. The number of fused-ring (bicyclic) bond motifs is 1. The van der Waals surface area contributed by atoms with Crippen LogP contribution in [0.5, 0.6) is 0 Å². The van der Waals surface area contributed by atoms with Crippen molar-refractivity contribution in [1.29, 1.82) is 0 Å². The van der Waals surface area contributed by atoms with E-state index in [4.69, 9.17) is 0 Å².